The predicted molar refractivity (Wildman–Crippen MR) is 77.5 cm³/mol. The number of anilines is 1. The third-order valence-electron chi connectivity index (χ3n) is 2.38. The zero-order valence-electron chi connectivity index (χ0n) is 9.45. The monoisotopic (exact) mass is 315 g/mol. The van der Waals surface area contributed by atoms with Gasteiger partial charge in [-0.25, -0.2) is 0 Å². The Labute approximate surface area is 124 Å². The van der Waals surface area contributed by atoms with Crippen LogP contribution in [0.4, 0.5) is 5.69 Å². The molecular formula is C13H8Cl3NO2. The van der Waals surface area contributed by atoms with Gasteiger partial charge in [0.1, 0.15) is 0 Å². The van der Waals surface area contributed by atoms with Crippen LogP contribution in [0.2, 0.25) is 15.1 Å². The number of phenolic OH excluding ortho intramolecular Hbond substituents is 1. The standard InChI is InChI=1S/C13H8Cl3NO2/c14-8-1-3-9(4-2-8)17-13(19)7-5-10(15)12(18)11(16)6-7/h1-6,18H,(H,17,19). The van der Waals surface area contributed by atoms with Crippen LogP contribution < -0.4 is 5.32 Å². The summed E-state index contributed by atoms with van der Waals surface area (Å²) in [5.74, 6) is -0.627. The van der Waals surface area contributed by atoms with Gasteiger partial charge < -0.3 is 10.4 Å². The highest BCUT2D eigenvalue weighted by Gasteiger charge is 2.12. The summed E-state index contributed by atoms with van der Waals surface area (Å²) in [5.41, 5.74) is 0.845. The van der Waals surface area contributed by atoms with E-state index in [1.165, 1.54) is 12.1 Å². The van der Waals surface area contributed by atoms with Crippen LogP contribution in [0.5, 0.6) is 5.75 Å². The van der Waals surface area contributed by atoms with E-state index >= 15 is 0 Å². The largest absolute Gasteiger partial charge is 0.505 e. The second-order valence-corrected chi connectivity index (χ2v) is 5.00. The van der Waals surface area contributed by atoms with Crippen molar-refractivity contribution in [1.29, 1.82) is 0 Å². The molecule has 0 atom stereocenters. The molecule has 1 amide bonds. The molecule has 0 fully saturated rings. The zero-order valence-corrected chi connectivity index (χ0v) is 11.7. The summed E-state index contributed by atoms with van der Waals surface area (Å²) >= 11 is 17.3. The predicted octanol–water partition coefficient (Wildman–Crippen LogP) is 4.60. The first kappa shape index (κ1) is 14.0. The van der Waals surface area contributed by atoms with Gasteiger partial charge in [-0.05, 0) is 36.4 Å². The van der Waals surface area contributed by atoms with Crippen LogP contribution in [0.1, 0.15) is 10.4 Å². The number of aromatic hydroxyl groups is 1. The van der Waals surface area contributed by atoms with Gasteiger partial charge in [0, 0.05) is 16.3 Å². The van der Waals surface area contributed by atoms with Gasteiger partial charge in [0.05, 0.1) is 10.0 Å². The van der Waals surface area contributed by atoms with Gasteiger partial charge >= 0.3 is 0 Å². The molecule has 0 aliphatic heterocycles. The highest BCUT2D eigenvalue weighted by molar-refractivity contribution is 6.37. The maximum Gasteiger partial charge on any atom is 0.255 e. The number of hydrogen-bond donors (Lipinski definition) is 2. The molecular weight excluding hydrogens is 309 g/mol. The number of rotatable bonds is 2. The summed E-state index contributed by atoms with van der Waals surface area (Å²) in [5, 5.41) is 12.7. The van der Waals surface area contributed by atoms with Gasteiger partial charge in [-0.3, -0.25) is 4.79 Å². The Morgan fingerprint density at radius 1 is 1.00 bits per heavy atom. The fourth-order valence-electron chi connectivity index (χ4n) is 1.43. The molecule has 0 aliphatic rings. The number of amides is 1. The maximum atomic E-state index is 12.0. The third kappa shape index (κ3) is 3.32. The average Bonchev–Trinajstić information content (AvgIpc) is 2.38. The molecule has 2 N–H and O–H groups in total. The Hall–Kier alpha value is -1.42. The molecule has 0 unspecified atom stereocenters. The molecule has 19 heavy (non-hydrogen) atoms. The van der Waals surface area contributed by atoms with Crippen LogP contribution in [-0.2, 0) is 0 Å². The van der Waals surface area contributed by atoms with Crippen LogP contribution in [0.25, 0.3) is 0 Å². The smallest absolute Gasteiger partial charge is 0.255 e. The molecule has 0 saturated carbocycles. The van der Waals surface area contributed by atoms with Crippen molar-refractivity contribution in [3.8, 4) is 5.75 Å². The molecule has 2 rings (SSSR count). The molecule has 0 aromatic heterocycles. The molecule has 2 aromatic rings. The summed E-state index contributed by atoms with van der Waals surface area (Å²) in [6.07, 6.45) is 0. The Balaban J connectivity index is 2.23. The first-order valence-corrected chi connectivity index (χ1v) is 6.35. The fraction of sp³-hybridized carbons (Fsp3) is 0. The Kier molecular flexibility index (Phi) is 4.20. The van der Waals surface area contributed by atoms with Crippen LogP contribution in [-0.4, -0.2) is 11.0 Å². The van der Waals surface area contributed by atoms with E-state index in [0.717, 1.165) is 0 Å². The molecule has 3 nitrogen and oxygen atoms in total. The lowest BCUT2D eigenvalue weighted by atomic mass is 10.2. The lowest BCUT2D eigenvalue weighted by Crippen LogP contribution is -2.11. The van der Waals surface area contributed by atoms with Crippen molar-refractivity contribution in [1.82, 2.24) is 0 Å². The molecule has 0 bridgehead atoms. The zero-order chi connectivity index (χ0) is 14.0. The van der Waals surface area contributed by atoms with E-state index in [1.807, 2.05) is 0 Å². The van der Waals surface area contributed by atoms with Gasteiger partial charge in [-0.1, -0.05) is 34.8 Å². The fourth-order valence-corrected chi connectivity index (χ4v) is 2.05. The van der Waals surface area contributed by atoms with Crippen molar-refractivity contribution in [3.63, 3.8) is 0 Å². The maximum absolute atomic E-state index is 12.0. The highest BCUT2D eigenvalue weighted by atomic mass is 35.5. The van der Waals surface area contributed by atoms with E-state index < -0.39 is 0 Å². The second-order valence-electron chi connectivity index (χ2n) is 3.75. The number of hydrogen-bond acceptors (Lipinski definition) is 2. The number of phenols is 1. The molecule has 2 aromatic carbocycles. The molecule has 0 spiro atoms. The van der Waals surface area contributed by atoms with Crippen LogP contribution in [0.3, 0.4) is 0 Å². The third-order valence-corrected chi connectivity index (χ3v) is 3.21. The molecule has 0 saturated heterocycles. The molecule has 0 heterocycles. The molecule has 0 aliphatic carbocycles. The normalized spacial score (nSPS) is 10.3. The summed E-state index contributed by atoms with van der Waals surface area (Å²) < 4.78 is 0. The van der Waals surface area contributed by atoms with Gasteiger partial charge in [0.15, 0.2) is 5.75 Å². The molecule has 98 valence electrons. The summed E-state index contributed by atoms with van der Waals surface area (Å²) in [7, 11) is 0. The molecule has 0 radical (unpaired) electrons. The van der Waals surface area contributed by atoms with E-state index in [-0.39, 0.29) is 27.3 Å². The Morgan fingerprint density at radius 3 is 2.05 bits per heavy atom. The molecule has 6 heteroatoms. The highest BCUT2D eigenvalue weighted by Crippen LogP contribution is 2.32. The first-order valence-electron chi connectivity index (χ1n) is 5.22. The van der Waals surface area contributed by atoms with Gasteiger partial charge in [0.2, 0.25) is 0 Å². The van der Waals surface area contributed by atoms with Crippen molar-refractivity contribution in [3.05, 3.63) is 57.0 Å². The van der Waals surface area contributed by atoms with Crippen molar-refractivity contribution in [2.75, 3.05) is 5.32 Å². The number of carbonyl (C=O) groups is 1. The van der Waals surface area contributed by atoms with Gasteiger partial charge in [0.25, 0.3) is 5.91 Å². The van der Waals surface area contributed by atoms with Crippen LogP contribution >= 0.6 is 34.8 Å². The Morgan fingerprint density at radius 2 is 1.53 bits per heavy atom. The summed E-state index contributed by atoms with van der Waals surface area (Å²) in [6, 6.07) is 9.34. The minimum atomic E-state index is -0.383. The van der Waals surface area contributed by atoms with E-state index in [0.29, 0.717) is 10.7 Å². The van der Waals surface area contributed by atoms with E-state index in [1.54, 1.807) is 24.3 Å². The minimum Gasteiger partial charge on any atom is -0.505 e. The lowest BCUT2D eigenvalue weighted by Gasteiger charge is -2.07. The SMILES string of the molecule is O=C(Nc1ccc(Cl)cc1)c1cc(Cl)c(O)c(Cl)c1. The van der Waals surface area contributed by atoms with Crippen molar-refractivity contribution >= 4 is 46.4 Å². The minimum absolute atomic E-state index is 0.0220. The summed E-state index contributed by atoms with van der Waals surface area (Å²) in [6.45, 7) is 0. The first-order chi connectivity index (χ1) is 8.97. The van der Waals surface area contributed by atoms with E-state index in [4.69, 9.17) is 34.8 Å². The number of halogens is 3. The quantitative estimate of drug-likeness (QED) is 0.850. The number of carbonyl (C=O) groups excluding carboxylic acids is 1. The topological polar surface area (TPSA) is 49.3 Å². The van der Waals surface area contributed by atoms with E-state index in [9.17, 15) is 9.90 Å². The van der Waals surface area contributed by atoms with Crippen molar-refractivity contribution < 1.29 is 9.90 Å². The van der Waals surface area contributed by atoms with Gasteiger partial charge in [-0.15, -0.1) is 0 Å². The van der Waals surface area contributed by atoms with E-state index in [2.05, 4.69) is 5.32 Å². The summed E-state index contributed by atoms with van der Waals surface area (Å²) in [4.78, 5) is 12.0. The number of benzene rings is 2. The van der Waals surface area contributed by atoms with Gasteiger partial charge in [-0.2, -0.15) is 0 Å². The van der Waals surface area contributed by atoms with Crippen molar-refractivity contribution in [2.24, 2.45) is 0 Å². The van der Waals surface area contributed by atoms with Crippen LogP contribution in [0.15, 0.2) is 36.4 Å². The number of nitrogens with one attached hydrogen (secondary N) is 1. The average molecular weight is 317 g/mol. The van der Waals surface area contributed by atoms with Crippen molar-refractivity contribution in [2.45, 2.75) is 0 Å². The second kappa shape index (κ2) is 5.70. The lowest BCUT2D eigenvalue weighted by molar-refractivity contribution is 0.102. The van der Waals surface area contributed by atoms with Crippen LogP contribution in [0, 0.1) is 0 Å². The Bertz CT molecular complexity index is 603.